The zero-order valence-electron chi connectivity index (χ0n) is 11.2. The maximum Gasteiger partial charge on any atom is 0.339 e. The number of hydrogen-bond acceptors (Lipinski definition) is 3. The molecule has 1 heterocycles. The molecule has 0 aliphatic heterocycles. The Balaban J connectivity index is 2.32. The molecule has 1 aromatic carbocycles. The van der Waals surface area contributed by atoms with Crippen molar-refractivity contribution in [1.82, 2.24) is 4.98 Å². The number of methoxy groups -OCH3 is 1. The van der Waals surface area contributed by atoms with E-state index in [1.165, 1.54) is 7.11 Å². The molecule has 0 amide bonds. The molecule has 2 rings (SSSR count). The minimum Gasteiger partial charge on any atom is -0.465 e. The smallest absolute Gasteiger partial charge is 0.339 e. The Morgan fingerprint density at radius 1 is 1.26 bits per heavy atom. The lowest BCUT2D eigenvalue weighted by Gasteiger charge is -1.98. The fourth-order valence-corrected chi connectivity index (χ4v) is 1.96. The number of nitrogens with one attached hydrogen (secondary N) is 1. The van der Waals surface area contributed by atoms with Crippen LogP contribution in [0.15, 0.2) is 35.3 Å². The summed E-state index contributed by atoms with van der Waals surface area (Å²) < 4.78 is 4.77. The first-order valence-electron chi connectivity index (χ1n) is 6.00. The van der Waals surface area contributed by atoms with E-state index in [4.69, 9.17) is 4.74 Å². The molecule has 0 spiro atoms. The molecule has 0 saturated carbocycles. The van der Waals surface area contributed by atoms with E-state index in [1.807, 2.05) is 44.2 Å². The number of para-hydroxylation sites is 1. The van der Waals surface area contributed by atoms with E-state index in [-0.39, 0.29) is 5.97 Å². The molecule has 4 heteroatoms. The van der Waals surface area contributed by atoms with E-state index in [0.717, 1.165) is 22.6 Å². The molecule has 0 fully saturated rings. The molecular weight excluding hydrogens is 240 g/mol. The van der Waals surface area contributed by atoms with Gasteiger partial charge in [-0.1, -0.05) is 18.2 Å². The van der Waals surface area contributed by atoms with Crippen molar-refractivity contribution in [2.75, 3.05) is 7.11 Å². The molecule has 19 heavy (non-hydrogen) atoms. The minimum absolute atomic E-state index is 0.328. The van der Waals surface area contributed by atoms with Crippen molar-refractivity contribution in [3.63, 3.8) is 0 Å². The van der Waals surface area contributed by atoms with Crippen LogP contribution in [0.1, 0.15) is 27.3 Å². The average molecular weight is 256 g/mol. The number of esters is 1. The van der Waals surface area contributed by atoms with E-state index in [9.17, 15) is 4.79 Å². The highest BCUT2D eigenvalue weighted by Gasteiger charge is 2.17. The number of carbonyl (C=O) groups is 1. The summed E-state index contributed by atoms with van der Waals surface area (Å²) in [7, 11) is 1.38. The van der Waals surface area contributed by atoms with Gasteiger partial charge in [0.05, 0.1) is 30.3 Å². The topological polar surface area (TPSA) is 54.5 Å². The van der Waals surface area contributed by atoms with Crippen LogP contribution in [0.2, 0.25) is 0 Å². The lowest BCUT2D eigenvalue weighted by molar-refractivity contribution is 0.0599. The third kappa shape index (κ3) is 2.73. The second-order valence-corrected chi connectivity index (χ2v) is 4.25. The summed E-state index contributed by atoms with van der Waals surface area (Å²) in [5.41, 5.74) is 3.91. The van der Waals surface area contributed by atoms with Crippen LogP contribution in [0.4, 0.5) is 5.69 Å². The fraction of sp³-hybridized carbons (Fsp3) is 0.200. The molecule has 0 atom stereocenters. The van der Waals surface area contributed by atoms with E-state index in [0.29, 0.717) is 5.56 Å². The molecule has 0 aliphatic rings. The van der Waals surface area contributed by atoms with Crippen molar-refractivity contribution in [3.8, 4) is 0 Å². The monoisotopic (exact) mass is 256 g/mol. The first-order valence-corrected chi connectivity index (χ1v) is 6.00. The van der Waals surface area contributed by atoms with Gasteiger partial charge in [0, 0.05) is 5.69 Å². The van der Waals surface area contributed by atoms with Crippen LogP contribution in [-0.4, -0.2) is 24.3 Å². The van der Waals surface area contributed by atoms with Gasteiger partial charge in [-0.3, -0.25) is 4.99 Å². The summed E-state index contributed by atoms with van der Waals surface area (Å²) in [6, 6.07) is 9.64. The normalized spacial score (nSPS) is 10.9. The Bertz CT molecular complexity index is 613. The van der Waals surface area contributed by atoms with E-state index in [2.05, 4.69) is 9.98 Å². The number of H-pyrrole nitrogens is 1. The molecule has 0 radical (unpaired) electrons. The van der Waals surface area contributed by atoms with Crippen molar-refractivity contribution < 1.29 is 9.53 Å². The van der Waals surface area contributed by atoms with Gasteiger partial charge in [-0.15, -0.1) is 0 Å². The highest BCUT2D eigenvalue weighted by molar-refractivity contribution is 5.96. The molecule has 0 bridgehead atoms. The number of nitrogens with zero attached hydrogens (tertiary/aromatic N) is 1. The SMILES string of the molecule is COC(=O)c1c(C)[nH]c(C=Nc2ccccc2)c1C. The zero-order chi connectivity index (χ0) is 13.8. The Kier molecular flexibility index (Phi) is 3.80. The maximum absolute atomic E-state index is 11.7. The van der Waals surface area contributed by atoms with Crippen LogP contribution in [0.5, 0.6) is 0 Å². The molecule has 98 valence electrons. The number of aryl methyl sites for hydroxylation is 1. The van der Waals surface area contributed by atoms with Crippen molar-refractivity contribution in [2.24, 2.45) is 4.99 Å². The first-order chi connectivity index (χ1) is 9.13. The van der Waals surface area contributed by atoms with Crippen LogP contribution in [0, 0.1) is 13.8 Å². The molecule has 1 aromatic heterocycles. The second kappa shape index (κ2) is 5.52. The van der Waals surface area contributed by atoms with E-state index in [1.54, 1.807) is 6.21 Å². The summed E-state index contributed by atoms with van der Waals surface area (Å²) in [6.45, 7) is 3.72. The van der Waals surface area contributed by atoms with Gasteiger partial charge in [0.25, 0.3) is 0 Å². The quantitative estimate of drug-likeness (QED) is 0.677. The Morgan fingerprint density at radius 3 is 2.58 bits per heavy atom. The van der Waals surface area contributed by atoms with Gasteiger partial charge in [-0.2, -0.15) is 0 Å². The van der Waals surface area contributed by atoms with Crippen molar-refractivity contribution in [3.05, 3.63) is 52.8 Å². The number of aromatic nitrogens is 1. The highest BCUT2D eigenvalue weighted by Crippen LogP contribution is 2.18. The molecule has 1 N–H and O–H groups in total. The summed E-state index contributed by atoms with van der Waals surface area (Å²) in [5, 5.41) is 0. The van der Waals surface area contributed by atoms with Crippen LogP contribution in [0.3, 0.4) is 0 Å². The lowest BCUT2D eigenvalue weighted by atomic mass is 10.1. The minimum atomic E-state index is -0.328. The number of aromatic amines is 1. The third-order valence-corrected chi connectivity index (χ3v) is 2.96. The number of hydrogen-bond donors (Lipinski definition) is 1. The maximum atomic E-state index is 11.7. The van der Waals surface area contributed by atoms with Crippen LogP contribution >= 0.6 is 0 Å². The van der Waals surface area contributed by atoms with Gasteiger partial charge in [0.15, 0.2) is 0 Å². The van der Waals surface area contributed by atoms with Gasteiger partial charge < -0.3 is 9.72 Å². The predicted molar refractivity (Wildman–Crippen MR) is 75.3 cm³/mol. The Hall–Kier alpha value is -2.36. The molecule has 0 saturated heterocycles. The molecule has 2 aromatic rings. The second-order valence-electron chi connectivity index (χ2n) is 4.25. The number of rotatable bonds is 3. The molecule has 4 nitrogen and oxygen atoms in total. The zero-order valence-corrected chi connectivity index (χ0v) is 11.2. The first kappa shape index (κ1) is 13.1. The number of benzene rings is 1. The predicted octanol–water partition coefficient (Wildman–Crippen LogP) is 3.17. The summed E-state index contributed by atoms with van der Waals surface area (Å²) in [5.74, 6) is -0.328. The van der Waals surface area contributed by atoms with Crippen molar-refractivity contribution in [2.45, 2.75) is 13.8 Å². The molecule has 0 unspecified atom stereocenters. The van der Waals surface area contributed by atoms with Crippen LogP contribution in [-0.2, 0) is 4.74 Å². The molecular formula is C15H16N2O2. The lowest BCUT2D eigenvalue weighted by Crippen LogP contribution is -2.03. The molecule has 0 aliphatic carbocycles. The Labute approximate surface area is 112 Å². The standard InChI is InChI=1S/C15H16N2O2/c1-10-13(9-16-12-7-5-4-6-8-12)17-11(2)14(10)15(18)19-3/h4-9,17H,1-3H3. The van der Waals surface area contributed by atoms with Crippen LogP contribution < -0.4 is 0 Å². The number of ether oxygens (including phenoxy) is 1. The number of carbonyl (C=O) groups excluding carboxylic acids is 1. The summed E-state index contributed by atoms with van der Waals surface area (Å²) >= 11 is 0. The summed E-state index contributed by atoms with van der Waals surface area (Å²) in [4.78, 5) is 19.2. The van der Waals surface area contributed by atoms with Gasteiger partial charge >= 0.3 is 5.97 Å². The van der Waals surface area contributed by atoms with Crippen molar-refractivity contribution in [1.29, 1.82) is 0 Å². The van der Waals surface area contributed by atoms with Gasteiger partial charge in [0.2, 0.25) is 0 Å². The fourth-order valence-electron chi connectivity index (χ4n) is 1.96. The van der Waals surface area contributed by atoms with Gasteiger partial charge in [0.1, 0.15) is 0 Å². The highest BCUT2D eigenvalue weighted by atomic mass is 16.5. The van der Waals surface area contributed by atoms with E-state index >= 15 is 0 Å². The van der Waals surface area contributed by atoms with Crippen molar-refractivity contribution >= 4 is 17.9 Å². The van der Waals surface area contributed by atoms with Gasteiger partial charge in [-0.05, 0) is 31.5 Å². The average Bonchev–Trinajstić information content (AvgIpc) is 2.71. The van der Waals surface area contributed by atoms with Gasteiger partial charge in [-0.25, -0.2) is 4.79 Å². The largest absolute Gasteiger partial charge is 0.465 e. The Morgan fingerprint density at radius 2 is 1.95 bits per heavy atom. The number of aliphatic imine (C=N–C) groups is 1. The third-order valence-electron chi connectivity index (χ3n) is 2.96. The summed E-state index contributed by atoms with van der Waals surface area (Å²) in [6.07, 6.45) is 1.73. The van der Waals surface area contributed by atoms with E-state index < -0.39 is 0 Å². The van der Waals surface area contributed by atoms with Crippen LogP contribution in [0.25, 0.3) is 0 Å².